The Labute approximate surface area is 122 Å². The van der Waals surface area contributed by atoms with Crippen LogP contribution in [0.4, 0.5) is 0 Å². The number of hydrogen-bond donors (Lipinski definition) is 1. The van der Waals surface area contributed by atoms with Gasteiger partial charge in [0.1, 0.15) is 0 Å². The van der Waals surface area contributed by atoms with Crippen LogP contribution in [0.1, 0.15) is 40.0 Å². The van der Waals surface area contributed by atoms with Crippen molar-refractivity contribution in [2.24, 2.45) is 17.3 Å². The highest BCUT2D eigenvalue weighted by Gasteiger charge is 2.60. The molecule has 3 fully saturated rings. The number of rotatable bonds is 3. The van der Waals surface area contributed by atoms with Gasteiger partial charge >= 0.3 is 0 Å². The highest BCUT2D eigenvalue weighted by atomic mass is 16.5. The number of carbonyl (C=O) groups excluding carboxylic acids is 1. The summed E-state index contributed by atoms with van der Waals surface area (Å²) in [6.45, 7) is 10.7. The Balaban J connectivity index is 1.63. The van der Waals surface area contributed by atoms with Gasteiger partial charge < -0.3 is 10.1 Å². The third kappa shape index (κ3) is 2.17. The Hall–Kier alpha value is -0.610. The zero-order valence-corrected chi connectivity index (χ0v) is 13.1. The SMILES string of the molecule is CC1(C)[C@@H]2CC[C@@H](C2)[C@@]1(C)NC(=O)CN1CCOCC1. The predicted molar refractivity (Wildman–Crippen MR) is 78.4 cm³/mol. The average Bonchev–Trinajstić information content (AvgIpc) is 2.94. The van der Waals surface area contributed by atoms with Crippen LogP contribution in [0.3, 0.4) is 0 Å². The second kappa shape index (κ2) is 4.99. The minimum atomic E-state index is -0.0285. The Bertz CT molecular complexity index is 390. The number of ether oxygens (including phenoxy) is 1. The molecule has 0 radical (unpaired) electrons. The van der Waals surface area contributed by atoms with Crippen molar-refractivity contribution < 1.29 is 9.53 Å². The summed E-state index contributed by atoms with van der Waals surface area (Å²) in [4.78, 5) is 14.6. The zero-order valence-electron chi connectivity index (χ0n) is 13.1. The van der Waals surface area contributed by atoms with Crippen LogP contribution in [0, 0.1) is 17.3 Å². The van der Waals surface area contributed by atoms with Crippen molar-refractivity contribution in [3.05, 3.63) is 0 Å². The van der Waals surface area contributed by atoms with E-state index in [1.165, 1.54) is 19.3 Å². The molecule has 3 atom stereocenters. The van der Waals surface area contributed by atoms with Gasteiger partial charge in [0, 0.05) is 18.6 Å². The highest BCUT2D eigenvalue weighted by molar-refractivity contribution is 5.79. The number of morpholine rings is 1. The van der Waals surface area contributed by atoms with Gasteiger partial charge in [-0.15, -0.1) is 0 Å². The van der Waals surface area contributed by atoms with Gasteiger partial charge in [0.25, 0.3) is 0 Å². The smallest absolute Gasteiger partial charge is 0.234 e. The van der Waals surface area contributed by atoms with Gasteiger partial charge in [-0.25, -0.2) is 0 Å². The molecule has 3 rings (SSSR count). The quantitative estimate of drug-likeness (QED) is 0.854. The molecule has 0 aromatic heterocycles. The molecule has 2 bridgehead atoms. The number of fused-ring (bicyclic) bond motifs is 2. The normalized spacial score (nSPS) is 40.0. The minimum Gasteiger partial charge on any atom is -0.379 e. The number of amides is 1. The van der Waals surface area contributed by atoms with Crippen LogP contribution < -0.4 is 5.32 Å². The Morgan fingerprint density at radius 2 is 1.85 bits per heavy atom. The fourth-order valence-corrected chi connectivity index (χ4v) is 4.67. The molecular weight excluding hydrogens is 252 g/mol. The fourth-order valence-electron chi connectivity index (χ4n) is 4.67. The van der Waals surface area contributed by atoms with Gasteiger partial charge in [-0.2, -0.15) is 0 Å². The lowest BCUT2D eigenvalue weighted by Crippen LogP contribution is -2.60. The lowest BCUT2D eigenvalue weighted by Gasteiger charge is -2.48. The van der Waals surface area contributed by atoms with E-state index in [4.69, 9.17) is 4.74 Å². The average molecular weight is 280 g/mol. The van der Waals surface area contributed by atoms with E-state index >= 15 is 0 Å². The summed E-state index contributed by atoms with van der Waals surface area (Å²) in [6, 6.07) is 0. The number of nitrogens with zero attached hydrogens (tertiary/aromatic N) is 1. The van der Waals surface area contributed by atoms with Crippen molar-refractivity contribution in [1.82, 2.24) is 10.2 Å². The molecule has 0 aromatic carbocycles. The Morgan fingerprint density at radius 1 is 1.20 bits per heavy atom. The van der Waals surface area contributed by atoms with Crippen molar-refractivity contribution in [3.8, 4) is 0 Å². The predicted octanol–water partition coefficient (Wildman–Crippen LogP) is 1.65. The summed E-state index contributed by atoms with van der Waals surface area (Å²) in [7, 11) is 0. The van der Waals surface area contributed by atoms with Gasteiger partial charge in [-0.1, -0.05) is 13.8 Å². The lowest BCUT2D eigenvalue weighted by molar-refractivity contribution is -0.127. The second-order valence-electron chi connectivity index (χ2n) is 7.57. The van der Waals surface area contributed by atoms with E-state index in [2.05, 4.69) is 31.0 Å². The molecule has 3 aliphatic rings. The molecule has 1 heterocycles. The summed E-state index contributed by atoms with van der Waals surface area (Å²) in [5.41, 5.74) is 0.190. The summed E-state index contributed by atoms with van der Waals surface area (Å²) >= 11 is 0. The largest absolute Gasteiger partial charge is 0.379 e. The number of nitrogens with one attached hydrogen (secondary N) is 1. The van der Waals surface area contributed by atoms with Crippen molar-refractivity contribution in [1.29, 1.82) is 0 Å². The van der Waals surface area contributed by atoms with Crippen LogP contribution in [0.2, 0.25) is 0 Å². The van der Waals surface area contributed by atoms with Gasteiger partial charge in [0.15, 0.2) is 0 Å². The maximum absolute atomic E-state index is 12.4. The molecule has 1 aliphatic heterocycles. The van der Waals surface area contributed by atoms with Crippen LogP contribution in [0.25, 0.3) is 0 Å². The summed E-state index contributed by atoms with van der Waals surface area (Å²) in [6.07, 6.45) is 3.91. The van der Waals surface area contributed by atoms with Crippen molar-refractivity contribution in [2.45, 2.75) is 45.6 Å². The van der Waals surface area contributed by atoms with E-state index in [-0.39, 0.29) is 16.9 Å². The van der Waals surface area contributed by atoms with E-state index in [0.29, 0.717) is 12.5 Å². The van der Waals surface area contributed by atoms with Crippen LogP contribution in [0.15, 0.2) is 0 Å². The van der Waals surface area contributed by atoms with Gasteiger partial charge in [0.2, 0.25) is 5.91 Å². The lowest BCUT2D eigenvalue weighted by atomic mass is 9.64. The van der Waals surface area contributed by atoms with Gasteiger partial charge in [0.05, 0.1) is 19.8 Å². The summed E-state index contributed by atoms with van der Waals surface area (Å²) in [5, 5.41) is 3.40. The van der Waals surface area contributed by atoms with Crippen molar-refractivity contribution in [2.75, 3.05) is 32.8 Å². The molecular formula is C16H28N2O2. The third-order valence-corrected chi connectivity index (χ3v) is 6.48. The molecule has 4 heteroatoms. The first kappa shape index (κ1) is 14.3. The maximum Gasteiger partial charge on any atom is 0.234 e. The van der Waals surface area contributed by atoms with E-state index in [9.17, 15) is 4.79 Å². The van der Waals surface area contributed by atoms with Crippen molar-refractivity contribution in [3.63, 3.8) is 0 Å². The Kier molecular flexibility index (Phi) is 3.57. The standard InChI is InChI=1S/C16H28N2O2/c1-15(2)12-4-5-13(10-12)16(15,3)17-14(19)11-18-6-8-20-9-7-18/h12-13H,4-11H2,1-3H3,(H,17,19)/t12-,13+,16-/m1/s1. The molecule has 1 N–H and O–H groups in total. The van der Waals surface area contributed by atoms with E-state index in [1.807, 2.05) is 0 Å². The first-order valence-corrected chi connectivity index (χ1v) is 8.04. The first-order chi connectivity index (χ1) is 9.43. The van der Waals surface area contributed by atoms with E-state index in [1.54, 1.807) is 0 Å². The van der Waals surface area contributed by atoms with Crippen LogP contribution in [0.5, 0.6) is 0 Å². The van der Waals surface area contributed by atoms with E-state index in [0.717, 1.165) is 32.2 Å². The molecule has 2 saturated carbocycles. The Morgan fingerprint density at radius 3 is 2.45 bits per heavy atom. The maximum atomic E-state index is 12.4. The molecule has 4 nitrogen and oxygen atoms in total. The minimum absolute atomic E-state index is 0.0285. The van der Waals surface area contributed by atoms with Crippen LogP contribution >= 0.6 is 0 Å². The van der Waals surface area contributed by atoms with E-state index < -0.39 is 0 Å². The molecule has 2 aliphatic carbocycles. The summed E-state index contributed by atoms with van der Waals surface area (Å²) < 4.78 is 5.33. The first-order valence-electron chi connectivity index (χ1n) is 8.04. The molecule has 114 valence electrons. The molecule has 0 spiro atoms. The summed E-state index contributed by atoms with van der Waals surface area (Å²) in [5.74, 6) is 1.63. The monoisotopic (exact) mass is 280 g/mol. The molecule has 1 amide bonds. The second-order valence-corrected chi connectivity index (χ2v) is 7.57. The number of hydrogen-bond acceptors (Lipinski definition) is 3. The van der Waals surface area contributed by atoms with Gasteiger partial charge in [-0.3, -0.25) is 9.69 Å². The van der Waals surface area contributed by atoms with Crippen molar-refractivity contribution >= 4 is 5.91 Å². The molecule has 20 heavy (non-hydrogen) atoms. The molecule has 0 unspecified atom stereocenters. The van der Waals surface area contributed by atoms with Crippen LogP contribution in [-0.2, 0) is 9.53 Å². The number of carbonyl (C=O) groups is 1. The molecule has 1 saturated heterocycles. The fraction of sp³-hybridized carbons (Fsp3) is 0.938. The van der Waals surface area contributed by atoms with Crippen LogP contribution in [-0.4, -0.2) is 49.2 Å². The topological polar surface area (TPSA) is 41.6 Å². The highest BCUT2D eigenvalue weighted by Crippen LogP contribution is 2.61. The van der Waals surface area contributed by atoms with Gasteiger partial charge in [-0.05, 0) is 43.4 Å². The zero-order chi connectivity index (χ0) is 14.4. The third-order valence-electron chi connectivity index (χ3n) is 6.48. The molecule has 0 aromatic rings.